The van der Waals surface area contributed by atoms with Crippen LogP contribution in [0.3, 0.4) is 0 Å². The van der Waals surface area contributed by atoms with E-state index in [-0.39, 0.29) is 18.2 Å². The molecule has 3 atom stereocenters. The summed E-state index contributed by atoms with van der Waals surface area (Å²) in [6, 6.07) is 0. The first kappa shape index (κ1) is 10.5. The zero-order valence-electron chi connectivity index (χ0n) is 8.85. The van der Waals surface area contributed by atoms with Gasteiger partial charge in [0.15, 0.2) is 0 Å². The SMILES string of the molecule is CCOC(=O)/C=C/OC1CCCC2OC12. The summed E-state index contributed by atoms with van der Waals surface area (Å²) >= 11 is 0. The average Bonchev–Trinajstić information content (AvgIpc) is 2.98. The quantitative estimate of drug-likeness (QED) is 0.306. The number of rotatable bonds is 4. The van der Waals surface area contributed by atoms with Crippen molar-refractivity contribution < 1.29 is 19.0 Å². The van der Waals surface area contributed by atoms with E-state index in [1.54, 1.807) is 6.92 Å². The van der Waals surface area contributed by atoms with Gasteiger partial charge in [0.25, 0.3) is 0 Å². The van der Waals surface area contributed by atoms with E-state index in [0.29, 0.717) is 12.7 Å². The molecule has 0 aromatic rings. The molecule has 0 amide bonds. The molecule has 1 aliphatic carbocycles. The van der Waals surface area contributed by atoms with Gasteiger partial charge in [-0.25, -0.2) is 4.79 Å². The minimum Gasteiger partial charge on any atom is -0.495 e. The minimum absolute atomic E-state index is 0.120. The maximum absolute atomic E-state index is 11.0. The number of fused-ring (bicyclic) bond motifs is 1. The van der Waals surface area contributed by atoms with Crippen LogP contribution in [0.25, 0.3) is 0 Å². The number of epoxide rings is 1. The second-order valence-corrected chi connectivity index (χ2v) is 3.80. The van der Waals surface area contributed by atoms with Crippen molar-refractivity contribution in [3.63, 3.8) is 0 Å². The first-order chi connectivity index (χ1) is 7.31. The molecule has 1 heterocycles. The van der Waals surface area contributed by atoms with Crippen molar-refractivity contribution in [1.29, 1.82) is 0 Å². The molecular weight excluding hydrogens is 196 g/mol. The van der Waals surface area contributed by atoms with Crippen molar-refractivity contribution in [2.75, 3.05) is 6.61 Å². The van der Waals surface area contributed by atoms with Gasteiger partial charge < -0.3 is 14.2 Å². The Hall–Kier alpha value is -1.03. The molecule has 1 aliphatic heterocycles. The Morgan fingerprint density at radius 1 is 1.53 bits per heavy atom. The highest BCUT2D eigenvalue weighted by Gasteiger charge is 2.48. The van der Waals surface area contributed by atoms with Gasteiger partial charge in [-0.3, -0.25) is 0 Å². The van der Waals surface area contributed by atoms with Gasteiger partial charge in [0.05, 0.1) is 25.0 Å². The summed E-state index contributed by atoms with van der Waals surface area (Å²) in [5.74, 6) is -0.360. The van der Waals surface area contributed by atoms with Crippen molar-refractivity contribution in [1.82, 2.24) is 0 Å². The van der Waals surface area contributed by atoms with Gasteiger partial charge in [0, 0.05) is 0 Å². The lowest BCUT2D eigenvalue weighted by molar-refractivity contribution is -0.137. The molecule has 1 saturated heterocycles. The molecule has 4 heteroatoms. The molecule has 0 N–H and O–H groups in total. The predicted octanol–water partition coefficient (Wildman–Crippen LogP) is 1.40. The number of esters is 1. The third kappa shape index (κ3) is 2.72. The summed E-state index contributed by atoms with van der Waals surface area (Å²) in [6.45, 7) is 2.16. The molecule has 15 heavy (non-hydrogen) atoms. The third-order valence-corrected chi connectivity index (χ3v) is 2.71. The smallest absolute Gasteiger partial charge is 0.333 e. The van der Waals surface area contributed by atoms with Crippen LogP contribution in [0, 0.1) is 0 Å². The van der Waals surface area contributed by atoms with E-state index in [4.69, 9.17) is 14.2 Å². The zero-order chi connectivity index (χ0) is 10.7. The second-order valence-electron chi connectivity index (χ2n) is 3.80. The highest BCUT2D eigenvalue weighted by Crippen LogP contribution is 2.38. The van der Waals surface area contributed by atoms with E-state index >= 15 is 0 Å². The molecule has 0 spiro atoms. The van der Waals surface area contributed by atoms with Crippen molar-refractivity contribution in [2.45, 2.75) is 44.5 Å². The lowest BCUT2D eigenvalue weighted by Crippen LogP contribution is -2.23. The lowest BCUT2D eigenvalue weighted by Gasteiger charge is -2.17. The molecule has 0 aromatic carbocycles. The Labute approximate surface area is 89.2 Å². The van der Waals surface area contributed by atoms with Gasteiger partial charge in [0.1, 0.15) is 12.2 Å². The lowest BCUT2D eigenvalue weighted by atomic mass is 9.98. The zero-order valence-corrected chi connectivity index (χ0v) is 8.85. The molecule has 84 valence electrons. The van der Waals surface area contributed by atoms with Gasteiger partial charge in [-0.2, -0.15) is 0 Å². The second kappa shape index (κ2) is 4.66. The number of carbonyl (C=O) groups excluding carboxylic acids is 1. The van der Waals surface area contributed by atoms with Crippen LogP contribution in [0.15, 0.2) is 12.3 Å². The first-order valence-corrected chi connectivity index (χ1v) is 5.45. The predicted molar refractivity (Wildman–Crippen MR) is 53.2 cm³/mol. The Morgan fingerprint density at radius 2 is 2.40 bits per heavy atom. The van der Waals surface area contributed by atoms with E-state index in [1.165, 1.54) is 12.3 Å². The standard InChI is InChI=1S/C11H16O4/c1-2-13-10(12)6-7-14-8-4-3-5-9-11(8)15-9/h6-9,11H,2-5H2,1H3/b7-6+. The maximum atomic E-state index is 11.0. The van der Waals surface area contributed by atoms with E-state index in [2.05, 4.69) is 0 Å². The number of hydrogen-bond donors (Lipinski definition) is 0. The van der Waals surface area contributed by atoms with Crippen LogP contribution in [0.1, 0.15) is 26.2 Å². The molecule has 4 nitrogen and oxygen atoms in total. The Morgan fingerprint density at radius 3 is 3.20 bits per heavy atom. The fourth-order valence-electron chi connectivity index (χ4n) is 1.93. The van der Waals surface area contributed by atoms with Crippen LogP contribution in [-0.2, 0) is 19.0 Å². The number of ether oxygens (including phenoxy) is 3. The van der Waals surface area contributed by atoms with E-state index in [1.807, 2.05) is 0 Å². The van der Waals surface area contributed by atoms with Gasteiger partial charge in [0.2, 0.25) is 0 Å². The summed E-state index contributed by atoms with van der Waals surface area (Å²) in [5, 5.41) is 0. The Bertz CT molecular complexity index is 261. The Balaban J connectivity index is 1.70. The van der Waals surface area contributed by atoms with Crippen LogP contribution in [0.5, 0.6) is 0 Å². The van der Waals surface area contributed by atoms with E-state index < -0.39 is 0 Å². The molecule has 0 aromatic heterocycles. The molecule has 2 aliphatic rings. The molecule has 0 bridgehead atoms. The van der Waals surface area contributed by atoms with E-state index in [9.17, 15) is 4.79 Å². The van der Waals surface area contributed by atoms with Crippen LogP contribution >= 0.6 is 0 Å². The van der Waals surface area contributed by atoms with Crippen molar-refractivity contribution in [2.24, 2.45) is 0 Å². The molecule has 2 rings (SSSR count). The van der Waals surface area contributed by atoms with Gasteiger partial charge in [-0.1, -0.05) is 0 Å². The average molecular weight is 212 g/mol. The summed E-state index contributed by atoms with van der Waals surface area (Å²) < 4.78 is 15.6. The first-order valence-electron chi connectivity index (χ1n) is 5.45. The van der Waals surface area contributed by atoms with Crippen molar-refractivity contribution in [3.05, 3.63) is 12.3 Å². The van der Waals surface area contributed by atoms with Crippen LogP contribution in [0.4, 0.5) is 0 Å². The number of carbonyl (C=O) groups is 1. The van der Waals surface area contributed by atoms with Gasteiger partial charge in [-0.05, 0) is 26.2 Å². The van der Waals surface area contributed by atoms with E-state index in [0.717, 1.165) is 19.3 Å². The summed E-state index contributed by atoms with van der Waals surface area (Å²) in [4.78, 5) is 11.0. The molecule has 1 saturated carbocycles. The minimum atomic E-state index is -0.360. The normalized spacial score (nSPS) is 33.5. The van der Waals surface area contributed by atoms with Gasteiger partial charge in [-0.15, -0.1) is 0 Å². The van der Waals surface area contributed by atoms with Gasteiger partial charge >= 0.3 is 5.97 Å². The van der Waals surface area contributed by atoms with Crippen LogP contribution in [0.2, 0.25) is 0 Å². The summed E-state index contributed by atoms with van der Waals surface area (Å²) in [6.07, 6.45) is 6.81. The molecule has 2 fully saturated rings. The topological polar surface area (TPSA) is 48.1 Å². The summed E-state index contributed by atoms with van der Waals surface area (Å²) in [7, 11) is 0. The monoisotopic (exact) mass is 212 g/mol. The maximum Gasteiger partial charge on any atom is 0.333 e. The molecular formula is C11H16O4. The van der Waals surface area contributed by atoms with Crippen molar-refractivity contribution >= 4 is 5.97 Å². The fourth-order valence-corrected chi connectivity index (χ4v) is 1.93. The number of hydrogen-bond acceptors (Lipinski definition) is 4. The Kier molecular flexibility index (Phi) is 3.26. The largest absolute Gasteiger partial charge is 0.495 e. The van der Waals surface area contributed by atoms with Crippen LogP contribution < -0.4 is 0 Å². The fraction of sp³-hybridized carbons (Fsp3) is 0.727. The van der Waals surface area contributed by atoms with Crippen LogP contribution in [-0.4, -0.2) is 30.9 Å². The molecule has 0 radical (unpaired) electrons. The highest BCUT2D eigenvalue weighted by molar-refractivity contribution is 5.81. The summed E-state index contributed by atoms with van der Waals surface area (Å²) in [5.41, 5.74) is 0. The highest BCUT2D eigenvalue weighted by atomic mass is 16.6. The molecule has 3 unspecified atom stereocenters. The third-order valence-electron chi connectivity index (χ3n) is 2.71. The van der Waals surface area contributed by atoms with Crippen molar-refractivity contribution in [3.8, 4) is 0 Å².